The third-order valence-electron chi connectivity index (χ3n) is 4.48. The van der Waals surface area contributed by atoms with Crippen LogP contribution in [-0.4, -0.2) is 40.3 Å². The van der Waals surface area contributed by atoms with E-state index in [9.17, 15) is 24.2 Å². The SMILES string of the molecule is CC(C)(C)CC(NC(=O)CCc1ccccc1)P(=O)(O)O[C@@H](CCCCN)C(=O)O. The highest BCUT2D eigenvalue weighted by Crippen LogP contribution is 2.51. The van der Waals surface area contributed by atoms with E-state index < -0.39 is 30.9 Å². The van der Waals surface area contributed by atoms with Gasteiger partial charge in [-0.05, 0) is 49.6 Å². The topological polar surface area (TPSA) is 139 Å². The number of carboxylic acid groups (broad SMARTS) is 1. The molecule has 5 N–H and O–H groups in total. The summed E-state index contributed by atoms with van der Waals surface area (Å²) in [6, 6.07) is 9.44. The molecular weight excluding hydrogens is 407 g/mol. The van der Waals surface area contributed by atoms with Crippen molar-refractivity contribution in [3.8, 4) is 0 Å². The van der Waals surface area contributed by atoms with Gasteiger partial charge in [0, 0.05) is 6.42 Å². The average Bonchev–Trinajstić information content (AvgIpc) is 2.65. The van der Waals surface area contributed by atoms with Crippen molar-refractivity contribution in [1.82, 2.24) is 5.32 Å². The summed E-state index contributed by atoms with van der Waals surface area (Å²) >= 11 is 0. The number of aliphatic carboxylic acids is 1. The average molecular weight is 442 g/mol. The van der Waals surface area contributed by atoms with Crippen molar-refractivity contribution in [2.45, 2.75) is 71.2 Å². The van der Waals surface area contributed by atoms with Gasteiger partial charge >= 0.3 is 13.6 Å². The zero-order chi connectivity index (χ0) is 22.8. The van der Waals surface area contributed by atoms with Crippen LogP contribution in [0.15, 0.2) is 30.3 Å². The molecule has 1 aromatic carbocycles. The van der Waals surface area contributed by atoms with E-state index in [1.165, 1.54) is 0 Å². The standard InChI is InChI=1S/C21H35N2O6P/c1-21(2,3)15-19(23-18(24)13-12-16-9-5-4-6-10-16)30(27,28)29-17(20(25)26)11-7-8-14-22/h4-6,9-10,17,19H,7-8,11-15,22H2,1-3H3,(H,23,24)(H,25,26)(H,27,28)/t17-,19?/m0/s1. The van der Waals surface area contributed by atoms with Gasteiger partial charge in [0.05, 0.1) is 0 Å². The van der Waals surface area contributed by atoms with Crippen molar-refractivity contribution in [2.24, 2.45) is 11.1 Å². The van der Waals surface area contributed by atoms with Gasteiger partial charge in [0.1, 0.15) is 5.78 Å². The van der Waals surface area contributed by atoms with Crippen molar-refractivity contribution < 1.29 is 28.7 Å². The number of nitrogens with two attached hydrogens (primary N) is 1. The Morgan fingerprint density at radius 3 is 2.37 bits per heavy atom. The van der Waals surface area contributed by atoms with Gasteiger partial charge < -0.3 is 21.1 Å². The zero-order valence-electron chi connectivity index (χ0n) is 18.0. The minimum absolute atomic E-state index is 0.0707. The van der Waals surface area contributed by atoms with E-state index in [1.54, 1.807) is 0 Å². The highest BCUT2D eigenvalue weighted by Gasteiger charge is 2.40. The summed E-state index contributed by atoms with van der Waals surface area (Å²) in [6.45, 7) is 6.00. The molecule has 0 aliphatic heterocycles. The molecule has 0 saturated heterocycles. The molecule has 1 rings (SSSR count). The van der Waals surface area contributed by atoms with Crippen LogP contribution in [0.25, 0.3) is 0 Å². The number of nitrogens with one attached hydrogen (secondary N) is 1. The van der Waals surface area contributed by atoms with Crippen molar-refractivity contribution in [1.29, 1.82) is 0 Å². The van der Waals surface area contributed by atoms with Gasteiger partial charge in [-0.2, -0.15) is 0 Å². The Morgan fingerprint density at radius 2 is 1.83 bits per heavy atom. The number of benzene rings is 1. The highest BCUT2D eigenvalue weighted by atomic mass is 31.2. The zero-order valence-corrected chi connectivity index (χ0v) is 18.9. The molecule has 0 aliphatic carbocycles. The Kier molecular flexibility index (Phi) is 10.7. The van der Waals surface area contributed by atoms with Crippen LogP contribution in [0.1, 0.15) is 58.4 Å². The molecule has 1 amide bonds. The fourth-order valence-electron chi connectivity index (χ4n) is 2.94. The second-order valence-electron chi connectivity index (χ2n) is 8.61. The molecule has 9 heteroatoms. The molecule has 0 bridgehead atoms. The molecule has 0 radical (unpaired) electrons. The minimum atomic E-state index is -4.45. The van der Waals surface area contributed by atoms with E-state index in [0.717, 1.165) is 5.56 Å². The van der Waals surface area contributed by atoms with Crippen molar-refractivity contribution in [3.05, 3.63) is 35.9 Å². The molecule has 170 valence electrons. The molecule has 8 nitrogen and oxygen atoms in total. The second-order valence-corrected chi connectivity index (χ2v) is 10.6. The van der Waals surface area contributed by atoms with Crippen LogP contribution >= 0.6 is 7.60 Å². The van der Waals surface area contributed by atoms with E-state index in [2.05, 4.69) is 5.32 Å². The Bertz CT molecular complexity index is 720. The quantitative estimate of drug-likeness (QED) is 0.271. The summed E-state index contributed by atoms with van der Waals surface area (Å²) in [7, 11) is -4.45. The number of carbonyl (C=O) groups excluding carboxylic acids is 1. The van der Waals surface area contributed by atoms with Crippen molar-refractivity contribution in [2.75, 3.05) is 6.54 Å². The first-order valence-electron chi connectivity index (χ1n) is 10.2. The summed E-state index contributed by atoms with van der Waals surface area (Å²) in [5.74, 6) is -2.90. The smallest absolute Gasteiger partial charge is 0.351 e. The number of rotatable bonds is 13. The number of hydrogen-bond donors (Lipinski definition) is 4. The van der Waals surface area contributed by atoms with Crippen LogP contribution in [0.5, 0.6) is 0 Å². The van der Waals surface area contributed by atoms with Gasteiger partial charge in [0.25, 0.3) is 0 Å². The Balaban J connectivity index is 2.85. The lowest BCUT2D eigenvalue weighted by Gasteiger charge is -2.31. The number of carboxylic acids is 1. The molecule has 0 aliphatic rings. The summed E-state index contributed by atoms with van der Waals surface area (Å²) in [5.41, 5.74) is 6.01. The Morgan fingerprint density at radius 1 is 1.20 bits per heavy atom. The predicted molar refractivity (Wildman–Crippen MR) is 116 cm³/mol. The van der Waals surface area contributed by atoms with Crippen LogP contribution in [0.2, 0.25) is 0 Å². The van der Waals surface area contributed by atoms with E-state index in [-0.39, 0.29) is 25.2 Å². The van der Waals surface area contributed by atoms with Crippen LogP contribution in [0.3, 0.4) is 0 Å². The number of amides is 1. The van der Waals surface area contributed by atoms with Gasteiger partial charge in [-0.15, -0.1) is 0 Å². The lowest BCUT2D eigenvalue weighted by molar-refractivity contribution is -0.145. The number of aryl methyl sites for hydroxylation is 1. The maximum atomic E-state index is 13.0. The lowest BCUT2D eigenvalue weighted by atomic mass is 9.92. The first kappa shape index (κ1) is 26.3. The van der Waals surface area contributed by atoms with Crippen LogP contribution < -0.4 is 11.1 Å². The van der Waals surface area contributed by atoms with Gasteiger partial charge in [-0.25, -0.2) is 4.79 Å². The summed E-state index contributed by atoms with van der Waals surface area (Å²) in [5, 5.41) is 12.0. The third-order valence-corrected chi connectivity index (χ3v) is 6.14. The maximum Gasteiger partial charge on any atom is 0.351 e. The van der Waals surface area contributed by atoms with Gasteiger partial charge in [0.15, 0.2) is 6.10 Å². The first-order valence-corrected chi connectivity index (χ1v) is 11.9. The van der Waals surface area contributed by atoms with Crippen LogP contribution in [0, 0.1) is 5.41 Å². The third kappa shape index (κ3) is 10.3. The number of unbranched alkanes of at least 4 members (excludes halogenated alkanes) is 1. The van der Waals surface area contributed by atoms with E-state index in [1.807, 2.05) is 51.1 Å². The molecule has 0 heterocycles. The molecule has 3 atom stereocenters. The van der Waals surface area contributed by atoms with Gasteiger partial charge in [-0.1, -0.05) is 51.1 Å². The summed E-state index contributed by atoms with van der Waals surface area (Å²) < 4.78 is 18.2. The van der Waals surface area contributed by atoms with Gasteiger partial charge in [-0.3, -0.25) is 13.9 Å². The van der Waals surface area contributed by atoms with Crippen LogP contribution in [0.4, 0.5) is 0 Å². The van der Waals surface area contributed by atoms with Gasteiger partial charge in [0.2, 0.25) is 5.91 Å². The molecule has 0 spiro atoms. The molecule has 0 fully saturated rings. The van der Waals surface area contributed by atoms with Crippen LogP contribution in [-0.2, 0) is 25.1 Å². The largest absolute Gasteiger partial charge is 0.479 e. The molecular formula is C21H35N2O6P. The molecule has 2 unspecified atom stereocenters. The normalized spacial score (nSPS) is 15.8. The highest BCUT2D eigenvalue weighted by molar-refractivity contribution is 7.53. The minimum Gasteiger partial charge on any atom is -0.479 e. The fraction of sp³-hybridized carbons (Fsp3) is 0.619. The summed E-state index contributed by atoms with van der Waals surface area (Å²) in [4.78, 5) is 34.5. The second kappa shape index (κ2) is 12.2. The van der Waals surface area contributed by atoms with Crippen molar-refractivity contribution in [3.63, 3.8) is 0 Å². The van der Waals surface area contributed by atoms with Crippen molar-refractivity contribution >= 4 is 19.5 Å². The lowest BCUT2D eigenvalue weighted by Crippen LogP contribution is -2.39. The number of hydrogen-bond acceptors (Lipinski definition) is 5. The first-order chi connectivity index (χ1) is 13.9. The Hall–Kier alpha value is -1.73. The summed E-state index contributed by atoms with van der Waals surface area (Å²) in [6.07, 6.45) is 0.474. The van der Waals surface area contributed by atoms with E-state index in [4.69, 9.17) is 10.3 Å². The predicted octanol–water partition coefficient (Wildman–Crippen LogP) is 3.28. The molecule has 0 aromatic heterocycles. The van der Waals surface area contributed by atoms with E-state index >= 15 is 0 Å². The Labute approximate surface area is 178 Å². The number of carbonyl (C=O) groups is 2. The fourth-order valence-corrected chi connectivity index (χ4v) is 4.73. The molecule has 0 saturated carbocycles. The molecule has 30 heavy (non-hydrogen) atoms. The molecule has 1 aromatic rings. The monoisotopic (exact) mass is 442 g/mol. The maximum absolute atomic E-state index is 13.0. The van der Waals surface area contributed by atoms with E-state index in [0.29, 0.717) is 25.8 Å².